The number of benzene rings is 2. The minimum Gasteiger partial charge on any atom is -0.319 e. The number of halogens is 3. The van der Waals surface area contributed by atoms with Gasteiger partial charge in [0, 0.05) is 25.7 Å². The maximum Gasteiger partial charge on any atom is 0.416 e. The number of aryl methyl sites for hydroxylation is 1. The average Bonchev–Trinajstić information content (AvgIpc) is 2.96. The molecule has 0 aromatic heterocycles. The molecule has 1 aliphatic heterocycles. The molecule has 0 saturated carbocycles. The molecule has 0 spiro atoms. The highest BCUT2D eigenvalue weighted by atomic mass is 19.4. The highest BCUT2D eigenvalue weighted by Crippen LogP contribution is 2.30. The summed E-state index contributed by atoms with van der Waals surface area (Å²) in [5, 5.41) is 14.0. The van der Waals surface area contributed by atoms with Gasteiger partial charge in [0.1, 0.15) is 5.69 Å². The number of hydrogen-bond acceptors (Lipinski definition) is 5. The number of rotatable bonds is 6. The summed E-state index contributed by atoms with van der Waals surface area (Å²) in [6.45, 7) is 6.94. The molecule has 0 atom stereocenters. The first-order chi connectivity index (χ1) is 15.5. The van der Waals surface area contributed by atoms with Gasteiger partial charge in [0.15, 0.2) is 0 Å². The monoisotopic (exact) mass is 464 g/mol. The Labute approximate surface area is 190 Å². The van der Waals surface area contributed by atoms with Crippen molar-refractivity contribution in [3.05, 3.63) is 68.8 Å². The summed E-state index contributed by atoms with van der Waals surface area (Å²) in [4.78, 5) is 27.6. The van der Waals surface area contributed by atoms with Crippen LogP contribution in [-0.4, -0.2) is 53.4 Å². The van der Waals surface area contributed by atoms with Crippen LogP contribution in [0.5, 0.6) is 0 Å². The molecule has 1 amide bonds. The van der Waals surface area contributed by atoms with E-state index in [1.54, 1.807) is 13.0 Å². The van der Waals surface area contributed by atoms with E-state index in [2.05, 4.69) is 10.2 Å². The molecule has 33 heavy (non-hydrogen) atoms. The van der Waals surface area contributed by atoms with Gasteiger partial charge in [-0.25, -0.2) is 0 Å². The molecule has 1 heterocycles. The minimum atomic E-state index is -4.35. The molecule has 0 aliphatic carbocycles. The summed E-state index contributed by atoms with van der Waals surface area (Å²) in [6.07, 6.45) is -3.54. The van der Waals surface area contributed by atoms with Crippen LogP contribution in [0.3, 0.4) is 0 Å². The van der Waals surface area contributed by atoms with Gasteiger partial charge in [0.2, 0.25) is 5.91 Å². The molecular weight excluding hydrogens is 437 g/mol. The second kappa shape index (κ2) is 10.3. The van der Waals surface area contributed by atoms with Gasteiger partial charge in [-0.3, -0.25) is 24.7 Å². The standard InChI is InChI=1S/C23H27F3N4O3/c1-16-4-9-20(30(32)33)22(17(16)2)27-21(31)15-29-11-3-10-28(12-13-29)14-18-5-7-19(8-6-18)23(24,25)26/h4-9H,3,10-15H2,1-2H3,(H,27,31). The maximum atomic E-state index is 12.7. The van der Waals surface area contributed by atoms with Crippen molar-refractivity contribution in [3.8, 4) is 0 Å². The van der Waals surface area contributed by atoms with Gasteiger partial charge in [0.25, 0.3) is 5.69 Å². The van der Waals surface area contributed by atoms with Crippen molar-refractivity contribution in [1.82, 2.24) is 9.80 Å². The normalized spacial score (nSPS) is 15.8. The highest BCUT2D eigenvalue weighted by Gasteiger charge is 2.30. The Hall–Kier alpha value is -2.98. The zero-order chi connectivity index (χ0) is 24.2. The lowest BCUT2D eigenvalue weighted by atomic mass is 10.1. The predicted molar refractivity (Wildman–Crippen MR) is 119 cm³/mol. The van der Waals surface area contributed by atoms with E-state index in [4.69, 9.17) is 0 Å². The SMILES string of the molecule is Cc1ccc([N+](=O)[O-])c(NC(=O)CN2CCCN(Cc3ccc(C(F)(F)F)cc3)CC2)c1C. The average molecular weight is 464 g/mol. The molecule has 0 bridgehead atoms. The molecule has 0 unspecified atom stereocenters. The summed E-state index contributed by atoms with van der Waals surface area (Å²) < 4.78 is 38.2. The van der Waals surface area contributed by atoms with Gasteiger partial charge < -0.3 is 5.32 Å². The maximum absolute atomic E-state index is 12.7. The van der Waals surface area contributed by atoms with Crippen molar-refractivity contribution in [2.45, 2.75) is 33.0 Å². The number of nitro groups is 1. The fourth-order valence-corrected chi connectivity index (χ4v) is 3.89. The quantitative estimate of drug-likeness (QED) is 0.507. The van der Waals surface area contributed by atoms with Crippen LogP contribution in [0.25, 0.3) is 0 Å². The van der Waals surface area contributed by atoms with Gasteiger partial charge in [-0.2, -0.15) is 13.2 Å². The largest absolute Gasteiger partial charge is 0.416 e. The second-order valence-corrected chi connectivity index (χ2v) is 8.31. The van der Waals surface area contributed by atoms with E-state index in [1.165, 1.54) is 18.2 Å². The molecule has 178 valence electrons. The fourth-order valence-electron chi connectivity index (χ4n) is 3.89. The van der Waals surface area contributed by atoms with Gasteiger partial charge >= 0.3 is 6.18 Å². The number of anilines is 1. The first-order valence-electron chi connectivity index (χ1n) is 10.7. The van der Waals surface area contributed by atoms with E-state index in [0.717, 1.165) is 36.2 Å². The summed E-state index contributed by atoms with van der Waals surface area (Å²) >= 11 is 0. The zero-order valence-corrected chi connectivity index (χ0v) is 18.6. The van der Waals surface area contributed by atoms with E-state index in [1.807, 2.05) is 11.8 Å². The number of carbonyl (C=O) groups is 1. The number of alkyl halides is 3. The van der Waals surface area contributed by atoms with Crippen molar-refractivity contribution in [2.24, 2.45) is 0 Å². The van der Waals surface area contributed by atoms with Crippen LogP contribution in [0, 0.1) is 24.0 Å². The highest BCUT2D eigenvalue weighted by molar-refractivity contribution is 5.95. The number of nitro benzene ring substituents is 1. The van der Waals surface area contributed by atoms with E-state index in [9.17, 15) is 28.1 Å². The Bertz CT molecular complexity index is 1010. The van der Waals surface area contributed by atoms with Crippen LogP contribution in [0.4, 0.5) is 24.5 Å². The third kappa shape index (κ3) is 6.52. The molecule has 2 aromatic rings. The van der Waals surface area contributed by atoms with E-state index >= 15 is 0 Å². The van der Waals surface area contributed by atoms with Crippen molar-refractivity contribution in [2.75, 3.05) is 38.0 Å². The zero-order valence-electron chi connectivity index (χ0n) is 18.6. The van der Waals surface area contributed by atoms with E-state index in [-0.39, 0.29) is 23.8 Å². The molecule has 2 aromatic carbocycles. The second-order valence-electron chi connectivity index (χ2n) is 8.31. The molecule has 0 radical (unpaired) electrons. The molecule has 1 fully saturated rings. The third-order valence-corrected chi connectivity index (χ3v) is 5.91. The Kier molecular flexibility index (Phi) is 7.70. The summed E-state index contributed by atoms with van der Waals surface area (Å²) in [5.41, 5.74) is 1.74. The van der Waals surface area contributed by atoms with Gasteiger partial charge in [-0.05, 0) is 62.2 Å². The van der Waals surface area contributed by atoms with Crippen LogP contribution >= 0.6 is 0 Å². The summed E-state index contributed by atoms with van der Waals surface area (Å²) in [6, 6.07) is 8.23. The Morgan fingerprint density at radius 3 is 2.30 bits per heavy atom. The third-order valence-electron chi connectivity index (χ3n) is 5.91. The Balaban J connectivity index is 1.56. The molecule has 3 rings (SSSR count). The molecule has 10 heteroatoms. The first kappa shape index (κ1) is 24.7. The molecular formula is C23H27F3N4O3. The summed E-state index contributed by atoms with van der Waals surface area (Å²) in [7, 11) is 0. The smallest absolute Gasteiger partial charge is 0.319 e. The van der Waals surface area contributed by atoms with E-state index < -0.39 is 16.7 Å². The minimum absolute atomic E-state index is 0.110. The van der Waals surface area contributed by atoms with Crippen LogP contribution < -0.4 is 5.32 Å². The van der Waals surface area contributed by atoms with Crippen LogP contribution in [0.2, 0.25) is 0 Å². The van der Waals surface area contributed by atoms with Crippen LogP contribution in [0.15, 0.2) is 36.4 Å². The topological polar surface area (TPSA) is 78.7 Å². The van der Waals surface area contributed by atoms with Gasteiger partial charge in [-0.15, -0.1) is 0 Å². The Morgan fingerprint density at radius 2 is 1.67 bits per heavy atom. The lowest BCUT2D eigenvalue weighted by molar-refractivity contribution is -0.384. The predicted octanol–water partition coefficient (Wildman–Crippen LogP) is 4.38. The van der Waals surface area contributed by atoms with Crippen molar-refractivity contribution >= 4 is 17.3 Å². The van der Waals surface area contributed by atoms with Gasteiger partial charge in [0.05, 0.1) is 17.0 Å². The number of amides is 1. The number of nitrogens with zero attached hydrogens (tertiary/aromatic N) is 3. The van der Waals surface area contributed by atoms with Crippen molar-refractivity contribution < 1.29 is 22.9 Å². The lowest BCUT2D eigenvalue weighted by Gasteiger charge is -2.22. The molecule has 7 nitrogen and oxygen atoms in total. The lowest BCUT2D eigenvalue weighted by Crippen LogP contribution is -2.36. The number of nitrogens with one attached hydrogen (secondary N) is 1. The van der Waals surface area contributed by atoms with Crippen molar-refractivity contribution in [1.29, 1.82) is 0 Å². The molecule has 1 saturated heterocycles. The molecule has 1 aliphatic rings. The van der Waals surface area contributed by atoms with Crippen LogP contribution in [-0.2, 0) is 17.5 Å². The summed E-state index contributed by atoms with van der Waals surface area (Å²) in [5.74, 6) is -0.317. The number of carbonyl (C=O) groups excluding carboxylic acids is 1. The first-order valence-corrected chi connectivity index (χ1v) is 10.7. The van der Waals surface area contributed by atoms with E-state index in [0.29, 0.717) is 31.7 Å². The number of hydrogen-bond donors (Lipinski definition) is 1. The van der Waals surface area contributed by atoms with Gasteiger partial charge in [-0.1, -0.05) is 18.2 Å². The van der Waals surface area contributed by atoms with Crippen LogP contribution in [0.1, 0.15) is 28.7 Å². The Morgan fingerprint density at radius 1 is 1.03 bits per heavy atom. The van der Waals surface area contributed by atoms with Crippen molar-refractivity contribution in [3.63, 3.8) is 0 Å². The molecule has 1 N–H and O–H groups in total. The fraction of sp³-hybridized carbons (Fsp3) is 0.435.